The minimum atomic E-state index is -0.705. The van der Waals surface area contributed by atoms with Gasteiger partial charge in [-0.3, -0.25) is 9.69 Å². The van der Waals surface area contributed by atoms with E-state index in [9.17, 15) is 4.79 Å². The molecule has 1 aromatic carbocycles. The van der Waals surface area contributed by atoms with Crippen LogP contribution in [0.4, 0.5) is 0 Å². The van der Waals surface area contributed by atoms with Gasteiger partial charge in [0.05, 0.1) is 6.42 Å². The fourth-order valence-corrected chi connectivity index (χ4v) is 3.51. The first kappa shape index (κ1) is 13.9. The molecule has 1 heterocycles. The molecule has 2 rings (SSSR count). The van der Waals surface area contributed by atoms with Crippen LogP contribution < -0.4 is 0 Å². The Morgan fingerprint density at radius 1 is 1.44 bits per heavy atom. The highest BCUT2D eigenvalue weighted by Gasteiger charge is 2.24. The van der Waals surface area contributed by atoms with Gasteiger partial charge in [-0.2, -0.15) is 11.8 Å². The van der Waals surface area contributed by atoms with E-state index in [0.29, 0.717) is 0 Å². The average Bonchev–Trinajstić information content (AvgIpc) is 2.34. The fourth-order valence-electron chi connectivity index (χ4n) is 2.11. The number of carboxylic acid groups (broad SMARTS) is 1. The number of nitrogens with zero attached hydrogens (tertiary/aromatic N) is 1. The molecule has 1 fully saturated rings. The Kier molecular flexibility index (Phi) is 5.09. The van der Waals surface area contributed by atoms with Gasteiger partial charge in [0.15, 0.2) is 0 Å². The minimum absolute atomic E-state index is 0.157. The highest BCUT2D eigenvalue weighted by atomic mass is 79.9. The summed E-state index contributed by atoms with van der Waals surface area (Å²) in [5.41, 5.74) is 1.24. The van der Waals surface area contributed by atoms with Crippen molar-refractivity contribution in [1.29, 1.82) is 0 Å². The Morgan fingerprint density at radius 2 is 2.17 bits per heavy atom. The van der Waals surface area contributed by atoms with Crippen molar-refractivity contribution in [3.63, 3.8) is 0 Å². The lowest BCUT2D eigenvalue weighted by Gasteiger charge is -2.34. The molecule has 1 aliphatic heterocycles. The zero-order chi connectivity index (χ0) is 13.0. The van der Waals surface area contributed by atoms with Crippen molar-refractivity contribution in [3.8, 4) is 0 Å². The molecule has 98 valence electrons. The molecule has 0 saturated carbocycles. The molecule has 1 atom stereocenters. The molecular weight excluding hydrogens is 314 g/mol. The monoisotopic (exact) mass is 329 g/mol. The molecule has 1 unspecified atom stereocenters. The number of hydrogen-bond donors (Lipinski definition) is 1. The second-order valence-electron chi connectivity index (χ2n) is 4.42. The number of hydrogen-bond acceptors (Lipinski definition) is 3. The fraction of sp³-hybridized carbons (Fsp3) is 0.462. The van der Waals surface area contributed by atoms with Gasteiger partial charge in [-0.05, 0) is 17.7 Å². The first-order chi connectivity index (χ1) is 8.65. The van der Waals surface area contributed by atoms with Crippen LogP contribution in [-0.2, 0) is 11.3 Å². The molecule has 1 aromatic rings. The maximum Gasteiger partial charge on any atom is 0.304 e. The van der Waals surface area contributed by atoms with Crippen molar-refractivity contribution in [3.05, 3.63) is 34.3 Å². The van der Waals surface area contributed by atoms with Gasteiger partial charge in [-0.25, -0.2) is 0 Å². The predicted octanol–water partition coefficient (Wildman–Crippen LogP) is 2.84. The third-order valence-corrected chi connectivity index (χ3v) is 4.68. The smallest absolute Gasteiger partial charge is 0.304 e. The van der Waals surface area contributed by atoms with Crippen LogP contribution in [0.25, 0.3) is 0 Å². The first-order valence-electron chi connectivity index (χ1n) is 5.93. The number of benzene rings is 1. The van der Waals surface area contributed by atoms with E-state index in [4.69, 9.17) is 5.11 Å². The van der Waals surface area contributed by atoms with Crippen molar-refractivity contribution in [1.82, 2.24) is 4.90 Å². The van der Waals surface area contributed by atoms with E-state index in [1.54, 1.807) is 0 Å². The second kappa shape index (κ2) is 6.59. The van der Waals surface area contributed by atoms with Crippen LogP contribution in [0.1, 0.15) is 12.0 Å². The summed E-state index contributed by atoms with van der Waals surface area (Å²) in [6.45, 7) is 1.81. The third kappa shape index (κ3) is 4.00. The molecular formula is C13H16BrNO2S. The summed E-state index contributed by atoms with van der Waals surface area (Å²) in [5.74, 6) is 1.30. The Hall–Kier alpha value is -0.520. The van der Waals surface area contributed by atoms with Gasteiger partial charge in [0, 0.05) is 35.1 Å². The summed E-state index contributed by atoms with van der Waals surface area (Å²) in [5, 5.41) is 8.94. The summed E-state index contributed by atoms with van der Waals surface area (Å²) >= 11 is 5.27. The Labute approximate surface area is 120 Å². The van der Waals surface area contributed by atoms with E-state index >= 15 is 0 Å². The Morgan fingerprint density at radius 3 is 2.83 bits per heavy atom. The summed E-state index contributed by atoms with van der Waals surface area (Å²) in [6.07, 6.45) is 0.240. The number of thioether (sulfide) groups is 1. The van der Waals surface area contributed by atoms with Crippen LogP contribution in [-0.4, -0.2) is 40.1 Å². The predicted molar refractivity (Wildman–Crippen MR) is 77.9 cm³/mol. The van der Waals surface area contributed by atoms with E-state index in [1.807, 2.05) is 23.9 Å². The van der Waals surface area contributed by atoms with Gasteiger partial charge >= 0.3 is 5.97 Å². The van der Waals surface area contributed by atoms with E-state index in [1.165, 1.54) is 5.56 Å². The minimum Gasteiger partial charge on any atom is -0.481 e. The zero-order valence-electron chi connectivity index (χ0n) is 10.0. The molecule has 1 aliphatic rings. The van der Waals surface area contributed by atoms with Gasteiger partial charge in [0.2, 0.25) is 0 Å². The number of rotatable bonds is 4. The standard InChI is InChI=1S/C13H16BrNO2S/c14-11-3-1-10(2-4-11)8-15-5-6-18-9-12(15)7-13(16)17/h1-4,12H,5-9H2,(H,16,17). The van der Waals surface area contributed by atoms with E-state index in [-0.39, 0.29) is 12.5 Å². The summed E-state index contributed by atoms with van der Waals surface area (Å²) < 4.78 is 1.07. The van der Waals surface area contributed by atoms with Crippen LogP contribution in [0, 0.1) is 0 Å². The Bertz CT molecular complexity index is 410. The van der Waals surface area contributed by atoms with Gasteiger partial charge < -0.3 is 5.11 Å². The molecule has 1 N–H and O–H groups in total. The SMILES string of the molecule is O=C(O)CC1CSCCN1Cc1ccc(Br)cc1. The van der Waals surface area contributed by atoms with Crippen LogP contribution in [0.5, 0.6) is 0 Å². The maximum atomic E-state index is 10.9. The second-order valence-corrected chi connectivity index (χ2v) is 6.49. The lowest BCUT2D eigenvalue weighted by atomic mass is 10.1. The summed E-state index contributed by atoms with van der Waals surface area (Å²) in [7, 11) is 0. The molecule has 0 bridgehead atoms. The first-order valence-corrected chi connectivity index (χ1v) is 7.88. The lowest BCUT2D eigenvalue weighted by molar-refractivity contribution is -0.138. The van der Waals surface area contributed by atoms with Crippen molar-refractivity contribution >= 4 is 33.7 Å². The molecule has 0 amide bonds. The van der Waals surface area contributed by atoms with Gasteiger partial charge in [-0.1, -0.05) is 28.1 Å². The summed E-state index contributed by atoms with van der Waals surface area (Å²) in [4.78, 5) is 13.2. The third-order valence-electron chi connectivity index (χ3n) is 3.06. The van der Waals surface area contributed by atoms with Crippen molar-refractivity contribution < 1.29 is 9.90 Å². The molecule has 0 spiro atoms. The highest BCUT2D eigenvalue weighted by molar-refractivity contribution is 9.10. The molecule has 0 aromatic heterocycles. The van der Waals surface area contributed by atoms with E-state index in [2.05, 4.69) is 33.0 Å². The quantitative estimate of drug-likeness (QED) is 0.922. The topological polar surface area (TPSA) is 40.5 Å². The van der Waals surface area contributed by atoms with Crippen molar-refractivity contribution in [2.45, 2.75) is 19.0 Å². The Balaban J connectivity index is 2.00. The molecule has 18 heavy (non-hydrogen) atoms. The number of aliphatic carboxylic acids is 1. The van der Waals surface area contributed by atoms with Gasteiger partial charge in [0.25, 0.3) is 0 Å². The van der Waals surface area contributed by atoms with Crippen LogP contribution in [0.2, 0.25) is 0 Å². The van der Waals surface area contributed by atoms with Crippen LogP contribution >= 0.6 is 27.7 Å². The largest absolute Gasteiger partial charge is 0.481 e. The molecule has 0 radical (unpaired) electrons. The van der Waals surface area contributed by atoms with Gasteiger partial charge in [-0.15, -0.1) is 0 Å². The van der Waals surface area contributed by atoms with Crippen molar-refractivity contribution in [2.24, 2.45) is 0 Å². The number of carboxylic acids is 1. The molecule has 5 heteroatoms. The normalized spacial score (nSPS) is 20.8. The number of carbonyl (C=O) groups is 1. The van der Waals surface area contributed by atoms with Gasteiger partial charge in [0.1, 0.15) is 0 Å². The summed E-state index contributed by atoms with van der Waals surface area (Å²) in [6, 6.07) is 8.39. The molecule has 3 nitrogen and oxygen atoms in total. The van der Waals surface area contributed by atoms with E-state index < -0.39 is 5.97 Å². The van der Waals surface area contributed by atoms with Crippen LogP contribution in [0.15, 0.2) is 28.7 Å². The zero-order valence-corrected chi connectivity index (χ0v) is 12.4. The molecule has 1 saturated heterocycles. The lowest BCUT2D eigenvalue weighted by Crippen LogP contribution is -2.42. The van der Waals surface area contributed by atoms with E-state index in [0.717, 1.165) is 29.1 Å². The van der Waals surface area contributed by atoms with Crippen molar-refractivity contribution in [2.75, 3.05) is 18.1 Å². The van der Waals surface area contributed by atoms with Crippen LogP contribution in [0.3, 0.4) is 0 Å². The number of halogens is 1. The average molecular weight is 330 g/mol. The maximum absolute atomic E-state index is 10.9. The highest BCUT2D eigenvalue weighted by Crippen LogP contribution is 2.22. The molecule has 0 aliphatic carbocycles.